The Bertz CT molecular complexity index is 7050. The summed E-state index contributed by atoms with van der Waals surface area (Å²) in [4.78, 5) is 140. The second-order valence-electron chi connectivity index (χ2n) is 48.7. The molecule has 150 heavy (non-hydrogen) atoms. The third-order valence-electron chi connectivity index (χ3n) is 30.5. The molecule has 7 aliphatic rings. The fraction of sp³-hybridized carbons (Fsp3) is 0.500. The van der Waals surface area contributed by atoms with Crippen LogP contribution >= 0.6 is 0 Å². The van der Waals surface area contributed by atoms with Crippen molar-refractivity contribution in [1.82, 2.24) is 59.1 Å². The van der Waals surface area contributed by atoms with Gasteiger partial charge in [0.2, 0.25) is 11.8 Å². The highest BCUT2D eigenvalue weighted by Crippen LogP contribution is 2.53. The molecule has 26 nitrogen and oxygen atoms in total. The molecule has 4 aliphatic heterocycles. The lowest BCUT2D eigenvalue weighted by molar-refractivity contribution is -0.146. The van der Waals surface area contributed by atoms with Crippen molar-refractivity contribution in [1.29, 1.82) is 0 Å². The number of rotatable bonds is 19. The zero-order chi connectivity index (χ0) is 108. The van der Waals surface area contributed by atoms with E-state index >= 15 is 0 Å². The van der Waals surface area contributed by atoms with E-state index in [4.69, 9.17) is 37.6 Å². The standard InChI is InChI=1S/C31H36FN3O3.C30H36FN3O4.C30H38FN3O4.C29H36FN3O3/c1-30(2)19-34(28(36)21-7-5-4-6-8-21)15-16-35(30)29(37)26-18-25-27(38-26)23(31(3)13-14-31)17-24(33-25)20-9-11-22(32)12-10-20;1-18(2)14-24(35)27(36)33-12-13-34(29(3,4)17-33)28(37)25-16-23-26(38-25)21(30(5)10-11-30)15-22(32-23)19-6-8-20(31)9-7-19;1-18(2)21-14-22(19-8-10-20(31)11-9-19)32-23-15-25(38-26(21)23)28(37)34-13-12-33(17-30(34,6)7)27(36)24(35)16-29(3,4)5;1-18(2)21-14-22(19-8-10-20(30)11-9-19)31-23-15-24(36-26(21)23)27(35)33-13-12-32(17-29(33,6)7)25(34)16-28(3,4)5/h9-12,17-18,21H,4-8,13-16,19H2,1-3H3;6-9,15-16,18,24,35H,10-14,17H2,1-5H3;8-11,14-15,18,24,35H,12-13,16-17H2,1-7H3;8-11,14-15,18H,12-13,16-17H2,1-7H3/t;2*24-;/m.11./s1. The first-order valence-electron chi connectivity index (χ1n) is 53.0. The molecule has 3 aliphatic carbocycles. The van der Waals surface area contributed by atoms with Crippen LogP contribution in [-0.2, 0) is 30.0 Å². The van der Waals surface area contributed by atoms with Gasteiger partial charge >= 0.3 is 0 Å². The van der Waals surface area contributed by atoms with Gasteiger partial charge < -0.3 is 67.1 Å². The maximum absolute atomic E-state index is 13.8. The molecule has 4 aromatic carbocycles. The topological polar surface area (TPSA) is 307 Å². The quantitative estimate of drug-likeness (QED) is 0.0711. The Labute approximate surface area is 876 Å². The molecule has 798 valence electrons. The number of furan rings is 4. The molecular weight excluding hydrogens is 1910 g/mol. The summed E-state index contributed by atoms with van der Waals surface area (Å²) in [6, 6.07) is 39.6. The first-order chi connectivity index (χ1) is 70.4. The summed E-state index contributed by atoms with van der Waals surface area (Å²) in [5.74, 6) is -0.868. The van der Waals surface area contributed by atoms with Crippen LogP contribution in [0.4, 0.5) is 17.6 Å². The van der Waals surface area contributed by atoms with E-state index in [2.05, 4.69) is 48.5 Å². The Morgan fingerprint density at radius 1 is 0.367 bits per heavy atom. The molecule has 7 fully saturated rings. The van der Waals surface area contributed by atoms with Crippen molar-refractivity contribution in [3.05, 3.63) is 214 Å². The molecular formula is C120H146F4N12O14. The number of fused-ring (bicyclic) bond motifs is 4. The number of aliphatic hydroxyl groups is 2. The van der Waals surface area contributed by atoms with Gasteiger partial charge in [-0.1, -0.05) is 116 Å². The molecule has 12 heterocycles. The first kappa shape index (κ1) is 110. The Hall–Kier alpha value is -13.0. The highest BCUT2D eigenvalue weighted by atomic mass is 19.1. The SMILES string of the molecule is CC(C)C[C@@H](O)C(=O)N1CCN(C(=O)c2cc3nc(-c4ccc(F)cc4)cc(C4(C)CC4)c3o2)C(C)(C)C1.CC(C)c1cc(-c2ccc(F)cc2)nc2cc(C(=O)N3CCN(C(=O)CC(C)(C)C)CC3(C)C)oc12.CC(C)c1cc(-c2ccc(F)cc2)nc2cc(C(=O)N3CCN(C(=O)[C@H](O)CC(C)(C)C)CC3(C)C)oc12.CC1(c2cc(-c3ccc(F)cc3)nc3cc(C(=O)N4CCN(C(=O)C5CCCCC5)CC4(C)C)oc23)CC1. The summed E-state index contributed by atoms with van der Waals surface area (Å²) >= 11 is 0. The van der Waals surface area contributed by atoms with E-state index in [0.29, 0.717) is 159 Å². The van der Waals surface area contributed by atoms with Crippen molar-refractivity contribution in [2.45, 2.75) is 286 Å². The van der Waals surface area contributed by atoms with Crippen LogP contribution in [0.15, 0.2) is 163 Å². The number of hydrogen-bond donors (Lipinski definition) is 2. The van der Waals surface area contributed by atoms with Gasteiger partial charge in [0.05, 0.1) is 44.9 Å². The highest BCUT2D eigenvalue weighted by Gasteiger charge is 2.49. The van der Waals surface area contributed by atoms with E-state index in [-0.39, 0.29) is 139 Å². The zero-order valence-electron chi connectivity index (χ0n) is 91.0. The molecule has 19 rings (SSSR count). The van der Waals surface area contributed by atoms with Crippen LogP contribution in [0.25, 0.3) is 89.4 Å². The normalized spacial score (nSPS) is 18.3. The maximum Gasteiger partial charge on any atom is 0.290 e. The number of halogens is 4. The number of benzene rings is 4. The molecule has 8 aromatic heterocycles. The predicted octanol–water partition coefficient (Wildman–Crippen LogP) is 23.4. The van der Waals surface area contributed by atoms with Gasteiger partial charge in [0.1, 0.15) is 57.5 Å². The summed E-state index contributed by atoms with van der Waals surface area (Å²) < 4.78 is 78.6. The van der Waals surface area contributed by atoms with E-state index in [9.17, 15) is 66.1 Å². The van der Waals surface area contributed by atoms with Crippen LogP contribution in [0.3, 0.4) is 0 Å². The third kappa shape index (κ3) is 24.4. The Kier molecular flexibility index (Phi) is 31.2. The maximum atomic E-state index is 13.8. The van der Waals surface area contributed by atoms with Crippen LogP contribution in [0.5, 0.6) is 0 Å². The number of piperazine rings is 4. The number of amides is 8. The predicted molar refractivity (Wildman–Crippen MR) is 572 cm³/mol. The van der Waals surface area contributed by atoms with E-state index in [1.54, 1.807) is 97.3 Å². The zero-order valence-corrected chi connectivity index (χ0v) is 91.0. The second-order valence-corrected chi connectivity index (χ2v) is 48.7. The van der Waals surface area contributed by atoms with Crippen molar-refractivity contribution in [2.24, 2.45) is 22.7 Å². The Balaban J connectivity index is 0.000000142. The number of hydrogen-bond acceptors (Lipinski definition) is 18. The molecule has 0 radical (unpaired) electrons. The van der Waals surface area contributed by atoms with Crippen molar-refractivity contribution in [3.8, 4) is 45.0 Å². The van der Waals surface area contributed by atoms with Crippen LogP contribution in [0.1, 0.15) is 306 Å². The number of nitrogens with zero attached hydrogens (tertiary/aromatic N) is 12. The lowest BCUT2D eigenvalue weighted by Gasteiger charge is -2.47. The lowest BCUT2D eigenvalue weighted by Crippen LogP contribution is -2.63. The minimum absolute atomic E-state index is 0.0154. The molecule has 2 atom stereocenters. The van der Waals surface area contributed by atoms with Gasteiger partial charge in [-0.05, 0) is 267 Å². The highest BCUT2D eigenvalue weighted by molar-refractivity contribution is 6.01. The third-order valence-corrected chi connectivity index (χ3v) is 30.5. The van der Waals surface area contributed by atoms with Crippen LogP contribution in [0.2, 0.25) is 0 Å². The van der Waals surface area contributed by atoms with Crippen LogP contribution in [-0.4, -0.2) is 230 Å². The Morgan fingerprint density at radius 2 is 0.653 bits per heavy atom. The minimum atomic E-state index is -1.07. The van der Waals surface area contributed by atoms with Crippen molar-refractivity contribution in [3.63, 3.8) is 0 Å². The average molecular weight is 2060 g/mol. The number of carbonyl (C=O) groups excluding carboxylic acids is 8. The smallest absolute Gasteiger partial charge is 0.290 e. The van der Waals surface area contributed by atoms with E-state index in [0.717, 1.165) is 102 Å². The first-order valence-corrected chi connectivity index (χ1v) is 53.0. The van der Waals surface area contributed by atoms with Gasteiger partial charge in [-0.25, -0.2) is 37.5 Å². The van der Waals surface area contributed by atoms with E-state index < -0.39 is 34.4 Å². The fourth-order valence-electron chi connectivity index (χ4n) is 21.5. The van der Waals surface area contributed by atoms with Gasteiger partial charge in [-0.3, -0.25) is 38.4 Å². The van der Waals surface area contributed by atoms with Crippen molar-refractivity contribution in [2.75, 3.05) is 78.5 Å². The van der Waals surface area contributed by atoms with Crippen molar-refractivity contribution < 1.29 is 83.8 Å². The molecule has 0 spiro atoms. The molecule has 0 bridgehead atoms. The summed E-state index contributed by atoms with van der Waals surface area (Å²) in [6.45, 7) is 49.2. The summed E-state index contributed by atoms with van der Waals surface area (Å²) in [5, 5.41) is 20.8. The van der Waals surface area contributed by atoms with Crippen molar-refractivity contribution >= 4 is 91.7 Å². The van der Waals surface area contributed by atoms with Crippen LogP contribution < -0.4 is 0 Å². The number of carbonyl (C=O) groups is 8. The molecule has 4 saturated heterocycles. The number of aromatic nitrogens is 4. The van der Waals surface area contributed by atoms with Crippen LogP contribution in [0, 0.1) is 45.9 Å². The van der Waals surface area contributed by atoms with Gasteiger partial charge in [0.15, 0.2) is 45.4 Å². The lowest BCUT2D eigenvalue weighted by atomic mass is 9.87. The minimum Gasteiger partial charge on any atom is -0.449 e. The van der Waals surface area contributed by atoms with Gasteiger partial charge in [-0.2, -0.15) is 0 Å². The molecule has 2 N–H and O–H groups in total. The molecule has 30 heteroatoms. The largest absolute Gasteiger partial charge is 0.449 e. The second kappa shape index (κ2) is 42.7. The fourth-order valence-corrected chi connectivity index (χ4v) is 21.5. The van der Waals surface area contributed by atoms with Gasteiger partial charge in [0.25, 0.3) is 35.4 Å². The summed E-state index contributed by atoms with van der Waals surface area (Å²) in [6.07, 6.45) is 8.70. The molecule has 8 amide bonds. The number of aliphatic hydroxyl groups excluding tert-OH is 2. The van der Waals surface area contributed by atoms with E-state index in [1.165, 1.54) is 55.0 Å². The molecule has 3 saturated carbocycles. The molecule has 0 unspecified atom stereocenters. The summed E-state index contributed by atoms with van der Waals surface area (Å²) in [5.41, 5.74) is 12.1. The van der Waals surface area contributed by atoms with E-state index in [1.807, 2.05) is 143 Å². The summed E-state index contributed by atoms with van der Waals surface area (Å²) in [7, 11) is 0. The Morgan fingerprint density at radius 3 is 0.953 bits per heavy atom. The molecule has 12 aromatic rings. The monoisotopic (exact) mass is 2060 g/mol. The average Bonchev–Trinajstić information content (AvgIpc) is 1.58. The number of pyridine rings is 4. The van der Waals surface area contributed by atoms with Gasteiger partial charge in [0, 0.05) is 160 Å². The van der Waals surface area contributed by atoms with Gasteiger partial charge in [-0.15, -0.1) is 0 Å².